The lowest BCUT2D eigenvalue weighted by molar-refractivity contribution is 0.0692. The molecule has 0 atom stereocenters. The van der Waals surface area contributed by atoms with Crippen molar-refractivity contribution in [1.82, 2.24) is 4.98 Å². The minimum absolute atomic E-state index is 0.108. The van der Waals surface area contributed by atoms with Crippen LogP contribution in [0.1, 0.15) is 28.8 Å². The van der Waals surface area contributed by atoms with E-state index < -0.39 is 5.97 Å². The number of carboxylic acid groups (broad SMARTS) is 1. The number of aryl methyl sites for hydroxylation is 1. The smallest absolute Gasteiger partial charge is 0.356 e. The first-order valence-corrected chi connectivity index (χ1v) is 7.70. The molecule has 1 aromatic carbocycles. The SMILES string of the molecule is CCCc1nc(C(=O)O)c(-c2ccc(Cl)cc2Br)s1. The van der Waals surface area contributed by atoms with Crippen LogP contribution in [0.2, 0.25) is 5.02 Å². The van der Waals surface area contributed by atoms with Gasteiger partial charge in [-0.3, -0.25) is 0 Å². The Morgan fingerprint density at radius 2 is 2.26 bits per heavy atom. The molecular formula is C13H11BrClNO2S. The van der Waals surface area contributed by atoms with Crippen LogP contribution in [0.4, 0.5) is 0 Å². The molecule has 1 aromatic heterocycles. The molecule has 0 radical (unpaired) electrons. The maximum Gasteiger partial charge on any atom is 0.356 e. The molecular weight excluding hydrogens is 350 g/mol. The van der Waals surface area contributed by atoms with E-state index in [-0.39, 0.29) is 5.69 Å². The third-order valence-corrected chi connectivity index (χ3v) is 4.55. The fraction of sp³-hybridized carbons (Fsp3) is 0.231. The summed E-state index contributed by atoms with van der Waals surface area (Å²) < 4.78 is 0.772. The molecule has 0 spiro atoms. The number of halogens is 2. The second-order valence-corrected chi connectivity index (χ2v) is 6.34. The minimum Gasteiger partial charge on any atom is -0.476 e. The predicted octanol–water partition coefficient (Wildman–Crippen LogP) is 4.88. The topological polar surface area (TPSA) is 50.2 Å². The van der Waals surface area contributed by atoms with Gasteiger partial charge in [-0.2, -0.15) is 0 Å². The molecule has 3 nitrogen and oxygen atoms in total. The Kier molecular flexibility index (Phi) is 4.60. The monoisotopic (exact) mass is 359 g/mol. The average molecular weight is 361 g/mol. The highest BCUT2D eigenvalue weighted by atomic mass is 79.9. The molecule has 0 amide bonds. The second-order valence-electron chi connectivity index (χ2n) is 3.96. The molecule has 0 aliphatic heterocycles. The molecule has 0 saturated carbocycles. The van der Waals surface area contributed by atoms with Gasteiger partial charge < -0.3 is 5.11 Å². The first-order chi connectivity index (χ1) is 9.02. The Hall–Kier alpha value is -0.910. The molecule has 0 aliphatic rings. The van der Waals surface area contributed by atoms with Crippen molar-refractivity contribution in [3.05, 3.63) is 38.4 Å². The van der Waals surface area contributed by atoms with Gasteiger partial charge in [-0.15, -0.1) is 11.3 Å². The zero-order valence-corrected chi connectivity index (χ0v) is 13.3. The summed E-state index contributed by atoms with van der Waals surface area (Å²) in [6, 6.07) is 5.30. The van der Waals surface area contributed by atoms with Gasteiger partial charge in [0.15, 0.2) is 5.69 Å². The molecule has 2 aromatic rings. The van der Waals surface area contributed by atoms with E-state index >= 15 is 0 Å². The van der Waals surface area contributed by atoms with E-state index in [1.54, 1.807) is 12.1 Å². The van der Waals surface area contributed by atoms with E-state index in [0.717, 1.165) is 27.9 Å². The molecule has 0 bridgehead atoms. The van der Waals surface area contributed by atoms with Crippen LogP contribution in [0, 0.1) is 0 Å². The normalized spacial score (nSPS) is 10.7. The number of aromatic carboxylic acids is 1. The third-order valence-electron chi connectivity index (χ3n) is 2.51. The van der Waals surface area contributed by atoms with Gasteiger partial charge in [0.25, 0.3) is 0 Å². The van der Waals surface area contributed by atoms with Crippen molar-refractivity contribution in [2.24, 2.45) is 0 Å². The molecule has 0 fully saturated rings. The Bertz CT molecular complexity index is 627. The summed E-state index contributed by atoms with van der Waals surface area (Å²) in [6.45, 7) is 2.04. The highest BCUT2D eigenvalue weighted by molar-refractivity contribution is 9.10. The lowest BCUT2D eigenvalue weighted by Crippen LogP contribution is -1.99. The summed E-state index contributed by atoms with van der Waals surface area (Å²) in [6.07, 6.45) is 1.73. The van der Waals surface area contributed by atoms with E-state index in [9.17, 15) is 9.90 Å². The molecule has 6 heteroatoms. The average Bonchev–Trinajstić information content (AvgIpc) is 2.73. The van der Waals surface area contributed by atoms with Crippen LogP contribution >= 0.6 is 38.9 Å². The van der Waals surface area contributed by atoms with Crippen LogP contribution in [0.5, 0.6) is 0 Å². The number of hydrogen-bond acceptors (Lipinski definition) is 3. The highest BCUT2D eigenvalue weighted by Gasteiger charge is 2.20. The van der Waals surface area contributed by atoms with Crippen LogP contribution < -0.4 is 0 Å². The van der Waals surface area contributed by atoms with Crippen molar-refractivity contribution < 1.29 is 9.90 Å². The third kappa shape index (κ3) is 3.16. The van der Waals surface area contributed by atoms with E-state index in [1.165, 1.54) is 11.3 Å². The Labute approximate surface area is 128 Å². The Balaban J connectivity index is 2.56. The number of rotatable bonds is 4. The summed E-state index contributed by atoms with van der Waals surface area (Å²) in [7, 11) is 0. The zero-order chi connectivity index (χ0) is 14.0. The molecule has 0 unspecified atom stereocenters. The van der Waals surface area contributed by atoms with Gasteiger partial charge in [-0.1, -0.05) is 40.5 Å². The van der Waals surface area contributed by atoms with Crippen molar-refractivity contribution in [3.8, 4) is 10.4 Å². The summed E-state index contributed by atoms with van der Waals surface area (Å²) in [5.74, 6) is -1.00. The number of carbonyl (C=O) groups is 1. The maximum absolute atomic E-state index is 11.3. The van der Waals surface area contributed by atoms with E-state index in [2.05, 4.69) is 20.9 Å². The van der Waals surface area contributed by atoms with Gasteiger partial charge in [0.05, 0.1) is 9.88 Å². The van der Waals surface area contributed by atoms with Crippen molar-refractivity contribution in [1.29, 1.82) is 0 Å². The van der Waals surface area contributed by atoms with Crippen LogP contribution in [-0.4, -0.2) is 16.1 Å². The Morgan fingerprint density at radius 1 is 1.53 bits per heavy atom. The van der Waals surface area contributed by atoms with Gasteiger partial charge in [0, 0.05) is 15.1 Å². The zero-order valence-electron chi connectivity index (χ0n) is 10.1. The van der Waals surface area contributed by atoms with Gasteiger partial charge in [0.2, 0.25) is 0 Å². The lowest BCUT2D eigenvalue weighted by Gasteiger charge is -2.03. The van der Waals surface area contributed by atoms with Crippen molar-refractivity contribution >= 4 is 44.8 Å². The van der Waals surface area contributed by atoms with E-state index in [0.29, 0.717) is 9.90 Å². The van der Waals surface area contributed by atoms with E-state index in [1.807, 2.05) is 13.0 Å². The summed E-state index contributed by atoms with van der Waals surface area (Å²) in [5, 5.41) is 10.7. The van der Waals surface area contributed by atoms with Crippen molar-refractivity contribution in [3.63, 3.8) is 0 Å². The number of carboxylic acids is 1. The minimum atomic E-state index is -1.00. The fourth-order valence-corrected chi connectivity index (χ4v) is 3.89. The van der Waals surface area contributed by atoms with Gasteiger partial charge in [-0.05, 0) is 25.0 Å². The standard InChI is InChI=1S/C13H11BrClNO2S/c1-2-3-10-16-11(13(17)18)12(19-10)8-5-4-7(15)6-9(8)14/h4-6H,2-3H2,1H3,(H,17,18). The maximum atomic E-state index is 11.3. The molecule has 100 valence electrons. The molecule has 0 saturated heterocycles. The largest absolute Gasteiger partial charge is 0.476 e. The number of thiazole rings is 1. The first kappa shape index (κ1) is 14.5. The number of hydrogen-bond donors (Lipinski definition) is 1. The molecule has 1 heterocycles. The van der Waals surface area contributed by atoms with Crippen LogP contribution in [0.3, 0.4) is 0 Å². The Morgan fingerprint density at radius 3 is 2.84 bits per heavy atom. The second kappa shape index (κ2) is 6.03. The van der Waals surface area contributed by atoms with E-state index in [4.69, 9.17) is 11.6 Å². The van der Waals surface area contributed by atoms with Crippen LogP contribution in [-0.2, 0) is 6.42 Å². The summed E-state index contributed by atoms with van der Waals surface area (Å²) >= 11 is 10.7. The number of benzene rings is 1. The van der Waals surface area contributed by atoms with Gasteiger partial charge in [0.1, 0.15) is 0 Å². The summed E-state index contributed by atoms with van der Waals surface area (Å²) in [4.78, 5) is 16.2. The van der Waals surface area contributed by atoms with Crippen molar-refractivity contribution in [2.75, 3.05) is 0 Å². The molecule has 1 N–H and O–H groups in total. The highest BCUT2D eigenvalue weighted by Crippen LogP contribution is 2.37. The lowest BCUT2D eigenvalue weighted by atomic mass is 10.1. The van der Waals surface area contributed by atoms with Gasteiger partial charge >= 0.3 is 5.97 Å². The summed E-state index contributed by atoms with van der Waals surface area (Å²) in [5.41, 5.74) is 0.915. The fourth-order valence-electron chi connectivity index (χ4n) is 1.69. The van der Waals surface area contributed by atoms with Crippen LogP contribution in [0.25, 0.3) is 10.4 Å². The quantitative estimate of drug-likeness (QED) is 0.845. The van der Waals surface area contributed by atoms with Crippen molar-refractivity contribution in [2.45, 2.75) is 19.8 Å². The molecule has 19 heavy (non-hydrogen) atoms. The number of aromatic nitrogens is 1. The molecule has 0 aliphatic carbocycles. The number of nitrogens with zero attached hydrogens (tertiary/aromatic N) is 1. The predicted molar refractivity (Wildman–Crippen MR) is 81.2 cm³/mol. The van der Waals surface area contributed by atoms with Gasteiger partial charge in [-0.25, -0.2) is 9.78 Å². The first-order valence-electron chi connectivity index (χ1n) is 5.71. The molecule has 2 rings (SSSR count). The van der Waals surface area contributed by atoms with Crippen LogP contribution in [0.15, 0.2) is 22.7 Å².